The van der Waals surface area contributed by atoms with Crippen molar-refractivity contribution in [2.45, 2.75) is 46.1 Å². The van der Waals surface area contributed by atoms with E-state index < -0.39 is 5.41 Å². The van der Waals surface area contributed by atoms with Gasteiger partial charge in [-0.2, -0.15) is 0 Å². The highest BCUT2D eigenvalue weighted by atomic mass is 32.1. The molecule has 4 rings (SSSR count). The van der Waals surface area contributed by atoms with Gasteiger partial charge in [0.2, 0.25) is 5.91 Å². The Labute approximate surface area is 194 Å². The molecule has 32 heavy (non-hydrogen) atoms. The zero-order valence-corrected chi connectivity index (χ0v) is 20.0. The number of thiophene rings is 1. The molecule has 1 saturated heterocycles. The molecule has 5 nitrogen and oxygen atoms in total. The molecule has 0 bridgehead atoms. The lowest BCUT2D eigenvalue weighted by molar-refractivity contribution is -0.130. The minimum atomic E-state index is -0.428. The average Bonchev–Trinajstić information content (AvgIpc) is 3.46. The predicted molar refractivity (Wildman–Crippen MR) is 131 cm³/mol. The van der Waals surface area contributed by atoms with E-state index in [-0.39, 0.29) is 5.91 Å². The van der Waals surface area contributed by atoms with Gasteiger partial charge in [-0.25, -0.2) is 9.97 Å². The fraction of sp³-hybridized carbons (Fsp3) is 0.423. The highest BCUT2D eigenvalue weighted by molar-refractivity contribution is 7.13. The largest absolute Gasteiger partial charge is 0.356 e. The van der Waals surface area contributed by atoms with E-state index in [1.54, 1.807) is 11.3 Å². The summed E-state index contributed by atoms with van der Waals surface area (Å²) in [7, 11) is 0. The lowest BCUT2D eigenvalue weighted by Gasteiger charge is -2.29. The minimum absolute atomic E-state index is 0.162. The summed E-state index contributed by atoms with van der Waals surface area (Å²) in [5, 5.41) is 5.23. The number of hydrogen-bond acceptors (Lipinski definition) is 5. The van der Waals surface area contributed by atoms with Crippen LogP contribution in [0, 0.1) is 5.41 Å². The van der Waals surface area contributed by atoms with Crippen LogP contribution < -0.4 is 5.32 Å². The summed E-state index contributed by atoms with van der Waals surface area (Å²) < 4.78 is 0. The molecule has 0 spiro atoms. The fourth-order valence-corrected chi connectivity index (χ4v) is 5.35. The Morgan fingerprint density at radius 1 is 1.19 bits per heavy atom. The topological polar surface area (TPSA) is 58.1 Å². The second kappa shape index (κ2) is 9.92. The van der Waals surface area contributed by atoms with E-state index in [1.165, 1.54) is 16.0 Å². The van der Waals surface area contributed by atoms with Gasteiger partial charge in [0, 0.05) is 48.4 Å². The van der Waals surface area contributed by atoms with Crippen LogP contribution in [0.4, 0.5) is 0 Å². The second-order valence-electron chi connectivity index (χ2n) is 9.02. The quantitative estimate of drug-likeness (QED) is 0.533. The smallest absolute Gasteiger partial charge is 0.227 e. The normalized spacial score (nSPS) is 18.9. The fourth-order valence-electron chi connectivity index (χ4n) is 4.57. The molecular formula is C26H32N4OS. The Kier molecular flexibility index (Phi) is 7.01. The average molecular weight is 449 g/mol. The van der Waals surface area contributed by atoms with Gasteiger partial charge in [0.05, 0.1) is 5.41 Å². The van der Waals surface area contributed by atoms with Crippen molar-refractivity contribution in [3.05, 3.63) is 71.1 Å². The third-order valence-corrected chi connectivity index (χ3v) is 7.14. The lowest BCUT2D eigenvalue weighted by atomic mass is 9.78. The summed E-state index contributed by atoms with van der Waals surface area (Å²) in [4.78, 5) is 26.0. The summed E-state index contributed by atoms with van der Waals surface area (Å²) in [5.74, 6) is 1.36. The number of nitrogens with zero attached hydrogens (tertiary/aromatic N) is 3. The van der Waals surface area contributed by atoms with Crippen LogP contribution in [0.2, 0.25) is 0 Å². The highest BCUT2D eigenvalue weighted by Gasteiger charge is 2.44. The molecule has 1 aliphatic rings. The van der Waals surface area contributed by atoms with Gasteiger partial charge in [0.1, 0.15) is 5.82 Å². The van der Waals surface area contributed by atoms with Crippen molar-refractivity contribution in [1.29, 1.82) is 0 Å². The van der Waals surface area contributed by atoms with Gasteiger partial charge in [-0.05, 0) is 48.9 Å². The maximum atomic E-state index is 13.3. The third kappa shape index (κ3) is 4.92. The van der Waals surface area contributed by atoms with Gasteiger partial charge >= 0.3 is 0 Å². The van der Waals surface area contributed by atoms with Gasteiger partial charge in [-0.15, -0.1) is 11.3 Å². The van der Waals surface area contributed by atoms with E-state index in [0.717, 1.165) is 43.9 Å². The highest BCUT2D eigenvalue weighted by Crippen LogP contribution is 2.38. The summed E-state index contributed by atoms with van der Waals surface area (Å²) in [6.45, 7) is 9.25. The van der Waals surface area contributed by atoms with Crippen molar-refractivity contribution < 1.29 is 4.79 Å². The van der Waals surface area contributed by atoms with Crippen molar-refractivity contribution in [3.8, 4) is 10.4 Å². The Morgan fingerprint density at radius 3 is 2.66 bits per heavy atom. The van der Waals surface area contributed by atoms with E-state index in [0.29, 0.717) is 12.5 Å². The lowest BCUT2D eigenvalue weighted by Crippen LogP contribution is -2.44. The summed E-state index contributed by atoms with van der Waals surface area (Å²) >= 11 is 1.75. The Hall–Kier alpha value is -2.57. The standard InChI is InChI=1S/C26H32N4OS/c1-4-27-25(31)26(14-21-8-5-6-9-22(21)23-10-7-13-32-23)11-12-30(18-26)17-20-15-28-24(19(2)3)29-16-20/h5-10,13,15-16,19H,4,11-12,14,17-18H2,1-3H3,(H,27,31)/t26-/m1/s1. The number of nitrogens with one attached hydrogen (secondary N) is 1. The molecule has 1 aliphatic heterocycles. The molecule has 0 unspecified atom stereocenters. The van der Waals surface area contributed by atoms with E-state index in [4.69, 9.17) is 0 Å². The number of aromatic nitrogens is 2. The van der Waals surface area contributed by atoms with Crippen molar-refractivity contribution in [2.24, 2.45) is 5.41 Å². The number of likely N-dealkylation sites (tertiary alicyclic amines) is 1. The van der Waals surface area contributed by atoms with Crippen LogP contribution in [0.25, 0.3) is 10.4 Å². The molecule has 0 radical (unpaired) electrons. The van der Waals surface area contributed by atoms with E-state index in [2.05, 4.69) is 75.8 Å². The SMILES string of the molecule is CCNC(=O)[C@@]1(Cc2ccccc2-c2cccs2)CCN(Cc2cnc(C(C)C)nc2)C1. The Balaban J connectivity index is 1.55. The number of hydrogen-bond donors (Lipinski definition) is 1. The first-order valence-corrected chi connectivity index (χ1v) is 12.3. The molecule has 1 fully saturated rings. The van der Waals surface area contributed by atoms with Gasteiger partial charge in [-0.1, -0.05) is 44.2 Å². The molecule has 6 heteroatoms. The van der Waals surface area contributed by atoms with Crippen LogP contribution in [0.5, 0.6) is 0 Å². The summed E-state index contributed by atoms with van der Waals surface area (Å²) in [5.41, 5.74) is 3.15. The molecule has 1 atom stereocenters. The number of carbonyl (C=O) groups excluding carboxylic acids is 1. The van der Waals surface area contributed by atoms with Crippen molar-refractivity contribution in [3.63, 3.8) is 0 Å². The maximum absolute atomic E-state index is 13.3. The van der Waals surface area contributed by atoms with Gasteiger partial charge in [-0.3, -0.25) is 9.69 Å². The number of carbonyl (C=O) groups is 1. The van der Waals surface area contributed by atoms with Gasteiger partial charge < -0.3 is 5.32 Å². The first-order chi connectivity index (χ1) is 15.5. The number of amides is 1. The molecule has 1 N–H and O–H groups in total. The van der Waals surface area contributed by atoms with E-state index in [9.17, 15) is 4.79 Å². The predicted octanol–water partition coefficient (Wildman–Crippen LogP) is 4.90. The summed E-state index contributed by atoms with van der Waals surface area (Å²) in [6.07, 6.45) is 5.45. The second-order valence-corrected chi connectivity index (χ2v) is 9.96. The van der Waals surface area contributed by atoms with Crippen LogP contribution in [0.1, 0.15) is 50.1 Å². The molecule has 3 heterocycles. The Bertz CT molecular complexity index is 1030. The molecule has 0 saturated carbocycles. The Morgan fingerprint density at radius 2 is 1.97 bits per heavy atom. The number of rotatable bonds is 8. The maximum Gasteiger partial charge on any atom is 0.227 e. The van der Waals surface area contributed by atoms with Crippen LogP contribution in [-0.2, 0) is 17.8 Å². The first-order valence-electron chi connectivity index (χ1n) is 11.4. The molecule has 1 aromatic carbocycles. The monoisotopic (exact) mass is 448 g/mol. The van der Waals surface area contributed by atoms with Crippen molar-refractivity contribution in [1.82, 2.24) is 20.2 Å². The van der Waals surface area contributed by atoms with Crippen LogP contribution in [0.15, 0.2) is 54.2 Å². The minimum Gasteiger partial charge on any atom is -0.356 e. The zero-order chi connectivity index (χ0) is 22.6. The van der Waals surface area contributed by atoms with Gasteiger partial charge in [0.15, 0.2) is 0 Å². The third-order valence-electron chi connectivity index (χ3n) is 6.23. The molecule has 168 valence electrons. The van der Waals surface area contributed by atoms with Crippen LogP contribution >= 0.6 is 11.3 Å². The first kappa shape index (κ1) is 22.6. The summed E-state index contributed by atoms with van der Waals surface area (Å²) in [6, 6.07) is 12.8. The van der Waals surface area contributed by atoms with E-state index >= 15 is 0 Å². The van der Waals surface area contributed by atoms with Crippen LogP contribution in [-0.4, -0.2) is 40.4 Å². The molecule has 1 amide bonds. The molecular weight excluding hydrogens is 416 g/mol. The van der Waals surface area contributed by atoms with Crippen molar-refractivity contribution >= 4 is 17.2 Å². The van der Waals surface area contributed by atoms with Crippen LogP contribution in [0.3, 0.4) is 0 Å². The van der Waals surface area contributed by atoms with E-state index in [1.807, 2.05) is 19.3 Å². The number of benzene rings is 1. The van der Waals surface area contributed by atoms with Crippen molar-refractivity contribution in [2.75, 3.05) is 19.6 Å². The zero-order valence-electron chi connectivity index (χ0n) is 19.2. The molecule has 2 aromatic heterocycles. The molecule has 0 aliphatic carbocycles. The molecule has 3 aromatic rings. The van der Waals surface area contributed by atoms with Gasteiger partial charge in [0.25, 0.3) is 0 Å².